The summed E-state index contributed by atoms with van der Waals surface area (Å²) in [5, 5.41) is 0. The average molecular weight is 271 g/mol. The number of sulfonamides is 1. The van der Waals surface area contributed by atoms with E-state index >= 15 is 0 Å². The van der Waals surface area contributed by atoms with Gasteiger partial charge in [-0.15, -0.1) is 0 Å². The predicted octanol–water partition coefficient (Wildman–Crippen LogP) is 2.13. The average Bonchev–Trinajstić information content (AvgIpc) is 2.35. The maximum atomic E-state index is 11.2. The summed E-state index contributed by atoms with van der Waals surface area (Å²) in [6.45, 7) is 6.44. The Labute approximate surface area is 109 Å². The molecule has 0 heterocycles. The summed E-state index contributed by atoms with van der Waals surface area (Å²) in [5.41, 5.74) is 1.14. The van der Waals surface area contributed by atoms with Gasteiger partial charge in [0.2, 0.25) is 10.0 Å². The standard InChI is InChI=1S/C13H21NO3S/c1-4-18(15,16)14-9-10-17-13-8-6-5-7-12(13)11(2)3/h5-8,11,14H,4,9-10H2,1-3H3. The number of rotatable bonds is 7. The third kappa shape index (κ3) is 4.66. The molecule has 1 N–H and O–H groups in total. The molecule has 18 heavy (non-hydrogen) atoms. The Morgan fingerprint density at radius 2 is 1.94 bits per heavy atom. The molecule has 102 valence electrons. The van der Waals surface area contributed by atoms with Gasteiger partial charge in [0.15, 0.2) is 0 Å². The Balaban J connectivity index is 2.50. The summed E-state index contributed by atoms with van der Waals surface area (Å²) >= 11 is 0. The maximum Gasteiger partial charge on any atom is 0.211 e. The highest BCUT2D eigenvalue weighted by molar-refractivity contribution is 7.89. The minimum atomic E-state index is -3.13. The van der Waals surface area contributed by atoms with Gasteiger partial charge in [0, 0.05) is 6.54 Å². The van der Waals surface area contributed by atoms with Crippen molar-refractivity contribution in [3.05, 3.63) is 29.8 Å². The van der Waals surface area contributed by atoms with Crippen molar-refractivity contribution in [2.24, 2.45) is 0 Å². The Morgan fingerprint density at radius 3 is 2.56 bits per heavy atom. The summed E-state index contributed by atoms with van der Waals surface area (Å²) in [6.07, 6.45) is 0. The Kier molecular flexibility index (Phi) is 5.62. The summed E-state index contributed by atoms with van der Waals surface area (Å²) in [4.78, 5) is 0. The monoisotopic (exact) mass is 271 g/mol. The quantitative estimate of drug-likeness (QED) is 0.773. The van der Waals surface area contributed by atoms with Crippen LogP contribution in [-0.4, -0.2) is 27.3 Å². The molecule has 1 rings (SSSR count). The van der Waals surface area contributed by atoms with E-state index in [9.17, 15) is 8.42 Å². The van der Waals surface area contributed by atoms with Crippen LogP contribution < -0.4 is 9.46 Å². The van der Waals surface area contributed by atoms with Crippen LogP contribution in [0.3, 0.4) is 0 Å². The Hall–Kier alpha value is -1.07. The lowest BCUT2D eigenvalue weighted by atomic mass is 10.0. The van der Waals surface area contributed by atoms with Gasteiger partial charge in [0.1, 0.15) is 12.4 Å². The molecule has 0 radical (unpaired) electrons. The first-order chi connectivity index (χ1) is 8.46. The highest BCUT2D eigenvalue weighted by Gasteiger charge is 2.08. The minimum absolute atomic E-state index is 0.0928. The van der Waals surface area contributed by atoms with Crippen molar-refractivity contribution >= 4 is 10.0 Å². The van der Waals surface area contributed by atoms with E-state index in [1.807, 2.05) is 24.3 Å². The first-order valence-corrected chi connectivity index (χ1v) is 7.80. The summed E-state index contributed by atoms with van der Waals surface area (Å²) in [7, 11) is -3.13. The zero-order chi connectivity index (χ0) is 13.6. The van der Waals surface area contributed by atoms with Gasteiger partial charge in [-0.25, -0.2) is 13.1 Å². The zero-order valence-electron chi connectivity index (χ0n) is 11.1. The van der Waals surface area contributed by atoms with E-state index in [4.69, 9.17) is 4.74 Å². The minimum Gasteiger partial charge on any atom is -0.492 e. The van der Waals surface area contributed by atoms with Gasteiger partial charge in [-0.1, -0.05) is 32.0 Å². The molecule has 0 unspecified atom stereocenters. The maximum absolute atomic E-state index is 11.2. The van der Waals surface area contributed by atoms with E-state index < -0.39 is 10.0 Å². The second-order valence-corrected chi connectivity index (χ2v) is 6.43. The van der Waals surface area contributed by atoms with Crippen LogP contribution in [0.1, 0.15) is 32.3 Å². The van der Waals surface area contributed by atoms with Gasteiger partial charge >= 0.3 is 0 Å². The highest BCUT2D eigenvalue weighted by atomic mass is 32.2. The van der Waals surface area contributed by atoms with Crippen molar-refractivity contribution in [3.8, 4) is 5.75 Å². The van der Waals surface area contributed by atoms with Gasteiger partial charge in [-0.2, -0.15) is 0 Å². The number of ether oxygens (including phenoxy) is 1. The second kappa shape index (κ2) is 6.75. The lowest BCUT2D eigenvalue weighted by Crippen LogP contribution is -2.29. The van der Waals surface area contributed by atoms with Crippen molar-refractivity contribution < 1.29 is 13.2 Å². The molecule has 0 aliphatic carbocycles. The van der Waals surface area contributed by atoms with Gasteiger partial charge < -0.3 is 4.74 Å². The smallest absolute Gasteiger partial charge is 0.211 e. The molecule has 0 aliphatic rings. The van der Waals surface area contributed by atoms with Crippen LogP contribution in [0.2, 0.25) is 0 Å². The van der Waals surface area contributed by atoms with Crippen LogP contribution in [0.4, 0.5) is 0 Å². The van der Waals surface area contributed by atoms with Gasteiger partial charge in [0.05, 0.1) is 5.75 Å². The number of hydrogen-bond donors (Lipinski definition) is 1. The van der Waals surface area contributed by atoms with E-state index in [1.54, 1.807) is 6.92 Å². The molecule has 1 aromatic carbocycles. The first kappa shape index (κ1) is 15.0. The molecule has 0 aliphatic heterocycles. The van der Waals surface area contributed by atoms with Crippen molar-refractivity contribution in [2.75, 3.05) is 18.9 Å². The molecular weight excluding hydrogens is 250 g/mol. The van der Waals surface area contributed by atoms with Crippen LogP contribution in [0.25, 0.3) is 0 Å². The van der Waals surface area contributed by atoms with Gasteiger partial charge in [-0.3, -0.25) is 0 Å². The largest absolute Gasteiger partial charge is 0.492 e. The molecule has 0 saturated heterocycles. The third-order valence-electron chi connectivity index (χ3n) is 2.60. The number of nitrogens with one attached hydrogen (secondary N) is 1. The molecule has 0 spiro atoms. The normalized spacial score (nSPS) is 11.8. The van der Waals surface area contributed by atoms with E-state index in [1.165, 1.54) is 0 Å². The van der Waals surface area contributed by atoms with Gasteiger partial charge in [-0.05, 0) is 24.5 Å². The third-order valence-corrected chi connectivity index (χ3v) is 4.01. The lowest BCUT2D eigenvalue weighted by molar-refractivity contribution is 0.318. The highest BCUT2D eigenvalue weighted by Crippen LogP contribution is 2.25. The van der Waals surface area contributed by atoms with Crippen molar-refractivity contribution in [1.82, 2.24) is 4.72 Å². The molecule has 0 saturated carbocycles. The fourth-order valence-corrected chi connectivity index (χ4v) is 2.15. The first-order valence-electron chi connectivity index (χ1n) is 6.15. The SMILES string of the molecule is CCS(=O)(=O)NCCOc1ccccc1C(C)C. The van der Waals surface area contributed by atoms with Gasteiger partial charge in [0.25, 0.3) is 0 Å². The second-order valence-electron chi connectivity index (χ2n) is 4.34. The van der Waals surface area contributed by atoms with Crippen molar-refractivity contribution in [1.29, 1.82) is 0 Å². The lowest BCUT2D eigenvalue weighted by Gasteiger charge is -2.13. The molecular formula is C13H21NO3S. The van der Waals surface area contributed by atoms with E-state index in [0.29, 0.717) is 19.1 Å². The van der Waals surface area contributed by atoms with Crippen molar-refractivity contribution in [3.63, 3.8) is 0 Å². The molecule has 5 heteroatoms. The molecule has 4 nitrogen and oxygen atoms in total. The topological polar surface area (TPSA) is 55.4 Å². The number of hydrogen-bond acceptors (Lipinski definition) is 3. The van der Waals surface area contributed by atoms with Crippen LogP contribution in [0.15, 0.2) is 24.3 Å². The zero-order valence-corrected chi connectivity index (χ0v) is 12.0. The van der Waals surface area contributed by atoms with Crippen LogP contribution in [-0.2, 0) is 10.0 Å². The summed E-state index contributed by atoms with van der Waals surface area (Å²) in [5.74, 6) is 1.30. The molecule has 0 bridgehead atoms. The summed E-state index contributed by atoms with van der Waals surface area (Å²) in [6, 6.07) is 7.82. The Bertz CT molecular complexity index is 469. The van der Waals surface area contributed by atoms with Crippen LogP contribution in [0.5, 0.6) is 5.75 Å². The van der Waals surface area contributed by atoms with Crippen molar-refractivity contribution in [2.45, 2.75) is 26.7 Å². The Morgan fingerprint density at radius 1 is 1.28 bits per heavy atom. The molecule has 0 aromatic heterocycles. The fourth-order valence-electron chi connectivity index (χ4n) is 1.55. The van der Waals surface area contributed by atoms with Crippen LogP contribution in [0, 0.1) is 0 Å². The number of benzene rings is 1. The van der Waals surface area contributed by atoms with E-state index in [0.717, 1.165) is 11.3 Å². The van der Waals surface area contributed by atoms with E-state index in [2.05, 4.69) is 18.6 Å². The predicted molar refractivity (Wildman–Crippen MR) is 73.5 cm³/mol. The molecule has 1 aromatic rings. The fraction of sp³-hybridized carbons (Fsp3) is 0.538. The molecule has 0 amide bonds. The molecule has 0 atom stereocenters. The molecule has 0 fully saturated rings. The summed E-state index contributed by atoms with van der Waals surface area (Å²) < 4.78 is 30.5. The van der Waals surface area contributed by atoms with E-state index in [-0.39, 0.29) is 5.75 Å². The number of para-hydroxylation sites is 1. The van der Waals surface area contributed by atoms with Crippen LogP contribution >= 0.6 is 0 Å².